The van der Waals surface area contributed by atoms with Crippen molar-refractivity contribution in [3.05, 3.63) is 98.6 Å². The fourth-order valence-corrected chi connectivity index (χ4v) is 6.09. The lowest BCUT2D eigenvalue weighted by molar-refractivity contribution is -0.384. The number of non-ortho nitro benzene ring substituents is 1. The largest absolute Gasteiger partial charge is 0.507 e. The van der Waals surface area contributed by atoms with Crippen LogP contribution in [0.3, 0.4) is 0 Å². The molecule has 38 heavy (non-hydrogen) atoms. The summed E-state index contributed by atoms with van der Waals surface area (Å²) in [7, 11) is 0. The van der Waals surface area contributed by atoms with E-state index in [1.807, 2.05) is 32.0 Å². The number of benzene rings is 3. The molecule has 1 fully saturated rings. The van der Waals surface area contributed by atoms with Gasteiger partial charge < -0.3 is 9.84 Å². The van der Waals surface area contributed by atoms with Crippen LogP contribution in [-0.4, -0.2) is 32.8 Å². The van der Waals surface area contributed by atoms with Crippen LogP contribution in [0.25, 0.3) is 16.0 Å². The van der Waals surface area contributed by atoms with Crippen LogP contribution in [0.2, 0.25) is 0 Å². The maximum absolute atomic E-state index is 13.5. The summed E-state index contributed by atoms with van der Waals surface area (Å²) < 4.78 is 6.57. The molecular formula is C28H21N3O6S. The molecular weight excluding hydrogens is 506 g/mol. The molecule has 2 aliphatic rings. The number of amides is 1. The third kappa shape index (κ3) is 3.81. The zero-order valence-electron chi connectivity index (χ0n) is 20.4. The van der Waals surface area contributed by atoms with E-state index < -0.39 is 22.7 Å². The number of aryl methyl sites for hydroxylation is 1. The van der Waals surface area contributed by atoms with Crippen molar-refractivity contribution in [2.75, 3.05) is 4.90 Å². The Kier molecular flexibility index (Phi) is 5.50. The van der Waals surface area contributed by atoms with E-state index in [0.29, 0.717) is 28.8 Å². The number of nitro benzene ring substituents is 1. The Labute approximate surface area is 220 Å². The maximum Gasteiger partial charge on any atom is 0.301 e. The Morgan fingerprint density at radius 3 is 2.76 bits per heavy atom. The van der Waals surface area contributed by atoms with E-state index in [4.69, 9.17) is 4.74 Å². The molecule has 1 saturated heterocycles. The van der Waals surface area contributed by atoms with E-state index in [2.05, 4.69) is 4.98 Å². The lowest BCUT2D eigenvalue weighted by Crippen LogP contribution is -2.29. The molecule has 10 heteroatoms. The molecule has 190 valence electrons. The minimum absolute atomic E-state index is 0.0134. The van der Waals surface area contributed by atoms with E-state index in [1.165, 1.54) is 34.4 Å². The summed E-state index contributed by atoms with van der Waals surface area (Å²) in [6.45, 7) is 3.88. The number of anilines is 1. The van der Waals surface area contributed by atoms with E-state index in [-0.39, 0.29) is 28.3 Å². The van der Waals surface area contributed by atoms with Gasteiger partial charge >= 0.3 is 5.91 Å². The van der Waals surface area contributed by atoms with Crippen molar-refractivity contribution in [1.82, 2.24) is 4.98 Å². The van der Waals surface area contributed by atoms with Gasteiger partial charge in [-0.2, -0.15) is 0 Å². The third-order valence-corrected chi connectivity index (χ3v) is 7.77. The van der Waals surface area contributed by atoms with Crippen molar-refractivity contribution in [2.45, 2.75) is 32.4 Å². The smallest absolute Gasteiger partial charge is 0.301 e. The SMILES string of the molecule is Cc1ccc2nc(N3C(=O)C(=O)C(=C(O)c4ccc5c(c4)C[C@@H](C)O5)[C@H]3c3cccc([N+](=O)[O-])c3)sc2c1. The Balaban J connectivity index is 1.56. The van der Waals surface area contributed by atoms with E-state index in [9.17, 15) is 24.8 Å². The Morgan fingerprint density at radius 1 is 1.16 bits per heavy atom. The summed E-state index contributed by atoms with van der Waals surface area (Å²) in [5, 5.41) is 23.3. The molecule has 1 N–H and O–H groups in total. The molecule has 0 radical (unpaired) electrons. The summed E-state index contributed by atoms with van der Waals surface area (Å²) in [6.07, 6.45) is 0.630. The van der Waals surface area contributed by atoms with Crippen molar-refractivity contribution in [1.29, 1.82) is 0 Å². The van der Waals surface area contributed by atoms with Crippen LogP contribution < -0.4 is 9.64 Å². The summed E-state index contributed by atoms with van der Waals surface area (Å²) in [6, 6.07) is 15.4. The van der Waals surface area contributed by atoms with Gasteiger partial charge in [-0.1, -0.05) is 29.5 Å². The van der Waals surface area contributed by atoms with Gasteiger partial charge in [-0.05, 0) is 60.9 Å². The second-order valence-electron chi connectivity index (χ2n) is 9.44. The number of nitrogens with zero attached hydrogens (tertiary/aromatic N) is 3. The second-order valence-corrected chi connectivity index (χ2v) is 10.5. The lowest BCUT2D eigenvalue weighted by atomic mass is 9.94. The molecule has 9 nitrogen and oxygen atoms in total. The maximum atomic E-state index is 13.5. The minimum atomic E-state index is -1.11. The van der Waals surface area contributed by atoms with Gasteiger partial charge in [-0.15, -0.1) is 0 Å². The zero-order valence-corrected chi connectivity index (χ0v) is 21.2. The van der Waals surface area contributed by atoms with Gasteiger partial charge in [0.15, 0.2) is 5.13 Å². The van der Waals surface area contributed by atoms with Crippen molar-refractivity contribution >= 4 is 49.8 Å². The number of ketones is 1. The average Bonchev–Trinajstić information content (AvgIpc) is 3.55. The molecule has 1 aromatic heterocycles. The normalized spacial score (nSPS) is 20.1. The summed E-state index contributed by atoms with van der Waals surface area (Å²) in [4.78, 5) is 43.8. The van der Waals surface area contributed by atoms with Crippen molar-refractivity contribution in [2.24, 2.45) is 0 Å². The van der Waals surface area contributed by atoms with Gasteiger partial charge in [0.2, 0.25) is 0 Å². The summed E-state index contributed by atoms with van der Waals surface area (Å²) >= 11 is 1.24. The van der Waals surface area contributed by atoms with E-state index in [0.717, 1.165) is 15.8 Å². The van der Waals surface area contributed by atoms with Gasteiger partial charge in [0, 0.05) is 24.1 Å². The van der Waals surface area contributed by atoms with Gasteiger partial charge in [-0.3, -0.25) is 24.6 Å². The number of aromatic nitrogens is 1. The molecule has 6 rings (SSSR count). The highest BCUT2D eigenvalue weighted by atomic mass is 32.1. The van der Waals surface area contributed by atoms with Crippen LogP contribution in [0.5, 0.6) is 5.75 Å². The first kappa shape index (κ1) is 23.8. The first-order valence-electron chi connectivity index (χ1n) is 11.9. The van der Waals surface area contributed by atoms with Crippen molar-refractivity contribution in [3.63, 3.8) is 0 Å². The second kappa shape index (κ2) is 8.77. The lowest BCUT2D eigenvalue weighted by Gasteiger charge is -2.22. The standard InChI is InChI=1S/C28H21N3O6S/c1-14-6-8-20-22(10-14)38-28(29-20)30-24(16-4-3-5-19(13-16)31(35)36)23(26(33)27(30)34)25(32)17-7-9-21-18(12-17)11-15(2)37-21/h3-10,12-13,15,24,32H,11H2,1-2H3/t15-,24-/m1/s1. The van der Waals surface area contributed by atoms with Gasteiger partial charge in [-0.25, -0.2) is 4.98 Å². The summed E-state index contributed by atoms with van der Waals surface area (Å²) in [5.74, 6) is -1.41. The molecule has 1 amide bonds. The molecule has 0 spiro atoms. The fourth-order valence-electron chi connectivity index (χ4n) is 5.00. The first-order chi connectivity index (χ1) is 18.2. The van der Waals surface area contributed by atoms with Crippen molar-refractivity contribution < 1.29 is 24.4 Å². The highest BCUT2D eigenvalue weighted by Gasteiger charge is 2.48. The average molecular weight is 528 g/mol. The Hall–Kier alpha value is -4.57. The number of aliphatic hydroxyl groups excluding tert-OH is 1. The van der Waals surface area contributed by atoms with Crippen molar-refractivity contribution in [3.8, 4) is 5.75 Å². The van der Waals surface area contributed by atoms with E-state index in [1.54, 1.807) is 24.3 Å². The topological polar surface area (TPSA) is 123 Å². The zero-order chi connectivity index (χ0) is 26.7. The highest BCUT2D eigenvalue weighted by molar-refractivity contribution is 7.22. The number of carbonyl (C=O) groups is 2. The van der Waals surface area contributed by atoms with E-state index >= 15 is 0 Å². The molecule has 3 aromatic carbocycles. The number of fused-ring (bicyclic) bond motifs is 2. The molecule has 2 aliphatic heterocycles. The van der Waals surface area contributed by atoms with Crippen LogP contribution >= 0.6 is 11.3 Å². The monoisotopic (exact) mass is 527 g/mol. The number of ether oxygens (including phenoxy) is 1. The Morgan fingerprint density at radius 2 is 1.97 bits per heavy atom. The van der Waals surface area contributed by atoms with Crippen LogP contribution in [0.15, 0.2) is 66.2 Å². The number of Topliss-reactive ketones (excluding diaryl/α,β-unsaturated/α-hetero) is 1. The van der Waals surface area contributed by atoms with Crippen LogP contribution in [-0.2, 0) is 16.0 Å². The number of hydrogen-bond donors (Lipinski definition) is 1. The van der Waals surface area contributed by atoms with Crippen LogP contribution in [0, 0.1) is 17.0 Å². The number of carbonyl (C=O) groups excluding carboxylic acids is 2. The quantitative estimate of drug-likeness (QED) is 0.123. The van der Waals surface area contributed by atoms with Gasteiger partial charge in [0.1, 0.15) is 17.6 Å². The minimum Gasteiger partial charge on any atom is -0.507 e. The molecule has 2 atom stereocenters. The number of hydrogen-bond acceptors (Lipinski definition) is 8. The number of aliphatic hydroxyl groups is 1. The molecule has 0 bridgehead atoms. The molecule has 0 saturated carbocycles. The highest BCUT2D eigenvalue weighted by Crippen LogP contribution is 2.45. The first-order valence-corrected chi connectivity index (χ1v) is 12.8. The van der Waals surface area contributed by atoms with Crippen LogP contribution in [0.1, 0.15) is 35.2 Å². The number of nitro groups is 1. The predicted octanol–water partition coefficient (Wildman–Crippen LogP) is 5.46. The fraction of sp³-hybridized carbons (Fsp3) is 0.179. The number of rotatable bonds is 4. The van der Waals surface area contributed by atoms with Gasteiger partial charge in [0.25, 0.3) is 11.5 Å². The number of thiazole rings is 1. The summed E-state index contributed by atoms with van der Waals surface area (Å²) in [5.41, 5.74) is 2.87. The third-order valence-electron chi connectivity index (χ3n) is 6.75. The Bertz CT molecular complexity index is 1710. The predicted molar refractivity (Wildman–Crippen MR) is 142 cm³/mol. The molecule has 0 unspecified atom stereocenters. The van der Waals surface area contributed by atoms with Gasteiger partial charge in [0.05, 0.1) is 26.8 Å². The van der Waals surface area contributed by atoms with Crippen LogP contribution in [0.4, 0.5) is 10.8 Å². The molecule has 4 aromatic rings. The molecule has 0 aliphatic carbocycles. The molecule has 3 heterocycles.